The zero-order valence-corrected chi connectivity index (χ0v) is 13.6. The van der Waals surface area contributed by atoms with Gasteiger partial charge in [0, 0.05) is 43.1 Å². The molecular weight excluding hydrogens is 306 g/mol. The number of carboxylic acids is 1. The zero-order chi connectivity index (χ0) is 16.6. The molecule has 2 aliphatic heterocycles. The summed E-state index contributed by atoms with van der Waals surface area (Å²) in [6.07, 6.45) is 0.988. The van der Waals surface area contributed by atoms with Crippen LogP contribution in [-0.2, 0) is 9.59 Å². The third-order valence-corrected chi connectivity index (χ3v) is 4.82. The largest absolute Gasteiger partial charge is 0.477 e. The van der Waals surface area contributed by atoms with Crippen molar-refractivity contribution in [3.05, 3.63) is 22.4 Å². The van der Waals surface area contributed by atoms with Gasteiger partial charge in [-0.2, -0.15) is 0 Å². The summed E-state index contributed by atoms with van der Waals surface area (Å²) in [5.41, 5.74) is 6.28. The van der Waals surface area contributed by atoms with Crippen molar-refractivity contribution in [2.45, 2.75) is 19.1 Å². The van der Waals surface area contributed by atoms with Gasteiger partial charge in [0.1, 0.15) is 5.70 Å². The smallest absolute Gasteiger partial charge is 0.353 e. The average molecular weight is 327 g/mol. The van der Waals surface area contributed by atoms with E-state index in [1.165, 1.54) is 16.7 Å². The highest BCUT2D eigenvalue weighted by atomic mass is 32.2. The molecule has 0 saturated carbocycles. The van der Waals surface area contributed by atoms with Gasteiger partial charge in [-0.05, 0) is 6.92 Å². The lowest BCUT2D eigenvalue weighted by Gasteiger charge is -2.45. The minimum Gasteiger partial charge on any atom is -0.477 e. The number of nitrogens with two attached hydrogens (primary N) is 1. The van der Waals surface area contributed by atoms with Gasteiger partial charge >= 0.3 is 5.97 Å². The van der Waals surface area contributed by atoms with Gasteiger partial charge in [0.25, 0.3) is 0 Å². The molecule has 22 heavy (non-hydrogen) atoms. The third kappa shape index (κ3) is 2.62. The minimum atomic E-state index is -1.14. The Morgan fingerprint density at radius 1 is 1.55 bits per heavy atom. The van der Waals surface area contributed by atoms with E-state index in [1.807, 2.05) is 25.2 Å². The first-order valence-corrected chi connectivity index (χ1v) is 7.99. The number of fused-ring (bicyclic) bond motifs is 1. The molecule has 2 heterocycles. The molecule has 1 amide bonds. The van der Waals surface area contributed by atoms with Crippen molar-refractivity contribution in [3.8, 4) is 0 Å². The van der Waals surface area contributed by atoms with Gasteiger partial charge in [0.2, 0.25) is 5.91 Å². The number of rotatable bonds is 6. The number of nitrogens with zero attached hydrogens (tertiary/aromatic N) is 2. The maximum absolute atomic E-state index is 12.2. The summed E-state index contributed by atoms with van der Waals surface area (Å²) in [6.45, 7) is 1.97. The predicted molar refractivity (Wildman–Crippen MR) is 83.7 cm³/mol. The molecule has 7 nitrogen and oxygen atoms in total. The highest BCUT2D eigenvalue weighted by Gasteiger charge is 2.59. The number of carbonyl (C=O) groups excluding carboxylic acids is 1. The second kappa shape index (κ2) is 6.31. The van der Waals surface area contributed by atoms with Crippen LogP contribution in [0.25, 0.3) is 0 Å². The molecule has 1 saturated heterocycles. The van der Waals surface area contributed by atoms with Crippen LogP contribution in [0.3, 0.4) is 0 Å². The van der Waals surface area contributed by atoms with Crippen LogP contribution in [0.2, 0.25) is 0 Å². The van der Waals surface area contributed by atoms with E-state index in [0.717, 1.165) is 5.57 Å². The van der Waals surface area contributed by atoms with E-state index in [1.54, 1.807) is 6.92 Å². The Kier molecular flexibility index (Phi) is 4.84. The van der Waals surface area contributed by atoms with E-state index in [0.29, 0.717) is 17.2 Å². The Hall–Kier alpha value is -1.51. The molecule has 2 rings (SSSR count). The molecule has 0 aromatic heterocycles. The van der Waals surface area contributed by atoms with Crippen molar-refractivity contribution in [1.29, 1.82) is 0 Å². The van der Waals surface area contributed by atoms with Crippen molar-refractivity contribution < 1.29 is 19.8 Å². The van der Waals surface area contributed by atoms with Crippen LogP contribution in [0.5, 0.6) is 0 Å². The molecule has 0 bridgehead atoms. The van der Waals surface area contributed by atoms with Gasteiger partial charge in [0.05, 0.1) is 18.1 Å². The molecule has 3 atom stereocenters. The van der Waals surface area contributed by atoms with E-state index in [-0.39, 0.29) is 11.6 Å². The summed E-state index contributed by atoms with van der Waals surface area (Å²) in [5, 5.41) is 19.3. The molecule has 8 heteroatoms. The van der Waals surface area contributed by atoms with E-state index in [9.17, 15) is 19.8 Å². The molecule has 122 valence electrons. The molecule has 0 aliphatic carbocycles. The Balaban J connectivity index is 2.50. The standard InChI is InChI=1S/C14H21N3O4S/c1-7(18)9-10-8(6-16(2)3)12(22-5-4-15)11(14(20)21)17(10)13(9)19/h6-7,9-10,18H,4-5,15H2,1-3H3,(H,20,21)/b8-6-/t7-,9-,10+/m1/s1. The fraction of sp³-hybridized carbons (Fsp3) is 0.571. The van der Waals surface area contributed by atoms with Crippen LogP contribution in [0.4, 0.5) is 0 Å². The number of aliphatic hydroxyl groups excluding tert-OH is 1. The summed E-state index contributed by atoms with van der Waals surface area (Å²) >= 11 is 1.34. The molecule has 4 N–H and O–H groups in total. The third-order valence-electron chi connectivity index (χ3n) is 3.66. The van der Waals surface area contributed by atoms with Crippen molar-refractivity contribution in [2.24, 2.45) is 11.7 Å². The maximum atomic E-state index is 12.2. The summed E-state index contributed by atoms with van der Waals surface area (Å²) in [5.74, 6) is -1.52. The first-order chi connectivity index (χ1) is 10.3. The maximum Gasteiger partial charge on any atom is 0.353 e. The fourth-order valence-electron chi connectivity index (χ4n) is 2.87. The Morgan fingerprint density at radius 2 is 2.18 bits per heavy atom. The van der Waals surface area contributed by atoms with Gasteiger partial charge in [-0.1, -0.05) is 0 Å². The topological polar surface area (TPSA) is 107 Å². The van der Waals surface area contributed by atoms with Crippen LogP contribution < -0.4 is 5.73 Å². The zero-order valence-electron chi connectivity index (χ0n) is 12.8. The molecule has 0 spiro atoms. The van der Waals surface area contributed by atoms with Crippen molar-refractivity contribution in [2.75, 3.05) is 26.4 Å². The van der Waals surface area contributed by atoms with E-state index in [2.05, 4.69) is 0 Å². The number of thioether (sulfide) groups is 1. The second-order valence-electron chi connectivity index (χ2n) is 5.59. The number of amides is 1. The first kappa shape index (κ1) is 16.9. The molecule has 0 aromatic rings. The Bertz CT molecular complexity index is 556. The number of β-lactam (4-membered cyclic amide) rings is 1. The van der Waals surface area contributed by atoms with Gasteiger partial charge in [0.15, 0.2) is 0 Å². The summed E-state index contributed by atoms with van der Waals surface area (Å²) in [6, 6.07) is -0.415. The monoisotopic (exact) mass is 327 g/mol. The highest BCUT2D eigenvalue weighted by Crippen LogP contribution is 2.50. The molecular formula is C14H21N3O4S. The quantitative estimate of drug-likeness (QED) is 0.572. The molecule has 0 radical (unpaired) electrons. The van der Waals surface area contributed by atoms with Crippen LogP contribution in [0.15, 0.2) is 22.4 Å². The van der Waals surface area contributed by atoms with E-state index < -0.39 is 24.0 Å². The van der Waals surface area contributed by atoms with Gasteiger partial charge in [-0.3, -0.25) is 9.69 Å². The minimum absolute atomic E-state index is 0.00144. The van der Waals surface area contributed by atoms with E-state index in [4.69, 9.17) is 5.73 Å². The molecule has 2 aliphatic rings. The lowest BCUT2D eigenvalue weighted by atomic mass is 9.81. The fourth-order valence-corrected chi connectivity index (χ4v) is 3.85. The molecule has 0 unspecified atom stereocenters. The lowest BCUT2D eigenvalue weighted by molar-refractivity contribution is -0.159. The number of aliphatic hydroxyl groups is 1. The van der Waals surface area contributed by atoms with E-state index >= 15 is 0 Å². The second-order valence-corrected chi connectivity index (χ2v) is 6.69. The lowest BCUT2D eigenvalue weighted by Crippen LogP contribution is -2.62. The first-order valence-electron chi connectivity index (χ1n) is 7.01. The SMILES string of the molecule is C[C@@H](O)[C@H]1C(=O)N2C(C(=O)O)=C(SCCN)/C(=C\N(C)C)[C@@H]12. The van der Waals surface area contributed by atoms with Crippen molar-refractivity contribution >= 4 is 23.6 Å². The molecule has 0 aromatic carbocycles. The van der Waals surface area contributed by atoms with Crippen LogP contribution >= 0.6 is 11.8 Å². The summed E-state index contributed by atoms with van der Waals surface area (Å²) < 4.78 is 0. The van der Waals surface area contributed by atoms with Gasteiger partial charge < -0.3 is 20.8 Å². The Morgan fingerprint density at radius 3 is 2.64 bits per heavy atom. The van der Waals surface area contributed by atoms with Gasteiger partial charge in [-0.15, -0.1) is 11.8 Å². The average Bonchev–Trinajstić information content (AvgIpc) is 2.66. The van der Waals surface area contributed by atoms with Crippen LogP contribution in [-0.4, -0.2) is 70.4 Å². The van der Waals surface area contributed by atoms with Crippen molar-refractivity contribution in [3.63, 3.8) is 0 Å². The van der Waals surface area contributed by atoms with Gasteiger partial charge in [-0.25, -0.2) is 4.79 Å². The predicted octanol–water partition coefficient (Wildman–Crippen LogP) is -0.359. The van der Waals surface area contributed by atoms with Crippen LogP contribution in [0.1, 0.15) is 6.92 Å². The van der Waals surface area contributed by atoms with Crippen LogP contribution in [0, 0.1) is 5.92 Å². The summed E-state index contributed by atoms with van der Waals surface area (Å²) in [7, 11) is 3.67. The highest BCUT2D eigenvalue weighted by molar-refractivity contribution is 8.03. The summed E-state index contributed by atoms with van der Waals surface area (Å²) in [4.78, 5) is 27.5. The number of aliphatic carboxylic acids is 1. The number of hydrogen-bond acceptors (Lipinski definition) is 6. The van der Waals surface area contributed by atoms with Crippen molar-refractivity contribution in [1.82, 2.24) is 9.80 Å². The molecule has 1 fully saturated rings. The number of carbonyl (C=O) groups is 2. The number of hydrogen-bond donors (Lipinski definition) is 3. The number of carboxylic acid groups (broad SMARTS) is 1. The normalized spacial score (nSPS) is 27.0. The Labute approximate surface area is 133 Å².